The van der Waals surface area contributed by atoms with E-state index >= 15 is 0 Å². The Labute approximate surface area is 241 Å². The van der Waals surface area contributed by atoms with Crippen LogP contribution >= 0.6 is 0 Å². The Morgan fingerprint density at radius 1 is 1.20 bits per heavy atom. The number of nitrogens with one attached hydrogen (secondary N) is 1. The first-order chi connectivity index (χ1) is 19.3. The number of anilines is 2. The molecule has 4 heterocycles. The van der Waals surface area contributed by atoms with Crippen LogP contribution < -0.4 is 20.1 Å². The average Bonchev–Trinajstić information content (AvgIpc) is 3.18. The summed E-state index contributed by atoms with van der Waals surface area (Å²) in [7, 11) is -4.27. The minimum Gasteiger partial charge on any atom is -0.475 e. The van der Waals surface area contributed by atoms with E-state index in [1.165, 1.54) is 18.2 Å². The number of rotatable bonds is 10. The number of carbonyl (C=O) groups excluding carboxylic acids is 1. The van der Waals surface area contributed by atoms with Crippen LogP contribution in [0.1, 0.15) is 57.0 Å². The highest BCUT2D eigenvalue weighted by molar-refractivity contribution is 7.90. The normalized spacial score (nSPS) is 16.7. The summed E-state index contributed by atoms with van der Waals surface area (Å²) in [6.45, 7) is 13.7. The van der Waals surface area contributed by atoms with Gasteiger partial charge < -0.3 is 20.1 Å². The molecule has 0 aliphatic carbocycles. The molecule has 1 saturated heterocycles. The van der Waals surface area contributed by atoms with Crippen molar-refractivity contribution in [1.82, 2.24) is 19.7 Å². The van der Waals surface area contributed by atoms with Gasteiger partial charge in [-0.05, 0) is 77.3 Å². The summed E-state index contributed by atoms with van der Waals surface area (Å²) < 4.78 is 39.3. The van der Waals surface area contributed by atoms with E-state index in [9.17, 15) is 13.2 Å². The molecule has 4 rings (SSSR count). The van der Waals surface area contributed by atoms with Crippen LogP contribution in [0.2, 0.25) is 0 Å². The number of hydrogen-bond acceptors (Lipinski definition) is 10. The fraction of sp³-hybridized carbons (Fsp3) is 0.448. The van der Waals surface area contributed by atoms with Crippen LogP contribution in [0.25, 0.3) is 11.3 Å². The number of hydrogen-bond donors (Lipinski definition) is 2. The number of nitrogens with two attached hydrogens (primary N) is 1. The highest BCUT2D eigenvalue weighted by Gasteiger charge is 2.41. The predicted molar refractivity (Wildman–Crippen MR) is 157 cm³/mol. The van der Waals surface area contributed by atoms with Crippen LogP contribution in [0.15, 0.2) is 47.6 Å². The molecule has 0 bridgehead atoms. The minimum absolute atomic E-state index is 0.0315. The van der Waals surface area contributed by atoms with Gasteiger partial charge in [0.1, 0.15) is 18.2 Å². The maximum absolute atomic E-state index is 13.4. The monoisotopic (exact) mass is 582 g/mol. The van der Waals surface area contributed by atoms with Gasteiger partial charge in [0.15, 0.2) is 5.03 Å². The molecule has 0 aromatic carbocycles. The third-order valence-electron chi connectivity index (χ3n) is 7.41. The standard InChI is InChI=1S/C29H38N6O5S/c1-18(2)39-14-15-40-28-19(3)16-21(17-31-28)23-11-10-22(26(32-23)35-13-12-20(4)29(35,5)6)27(36)34-41(37,38)25-9-7-8-24(30)33-25/h7-11,16-18,20H,12-15H2,1-6H3,(H2,30,33)(H,34,36). The maximum Gasteiger partial charge on any atom is 0.281 e. The van der Waals surface area contributed by atoms with Crippen molar-refractivity contribution in [2.75, 3.05) is 30.4 Å². The number of ether oxygens (including phenoxy) is 2. The van der Waals surface area contributed by atoms with E-state index in [1.807, 2.05) is 26.8 Å². The number of nitrogens with zero attached hydrogens (tertiary/aromatic N) is 4. The van der Waals surface area contributed by atoms with Gasteiger partial charge in [-0.3, -0.25) is 4.79 Å². The molecule has 1 aliphatic rings. The number of aryl methyl sites for hydroxylation is 1. The molecule has 11 nitrogen and oxygen atoms in total. The van der Waals surface area contributed by atoms with Gasteiger partial charge in [0.25, 0.3) is 15.9 Å². The Morgan fingerprint density at radius 2 is 1.95 bits per heavy atom. The molecular weight excluding hydrogens is 544 g/mol. The third-order valence-corrected chi connectivity index (χ3v) is 8.64. The van der Waals surface area contributed by atoms with E-state index in [2.05, 4.69) is 40.4 Å². The molecule has 220 valence electrons. The molecule has 0 spiro atoms. The number of aromatic nitrogens is 3. The number of nitrogen functional groups attached to an aromatic ring is 1. The number of sulfonamides is 1. The van der Waals surface area contributed by atoms with Gasteiger partial charge in [-0.1, -0.05) is 13.0 Å². The van der Waals surface area contributed by atoms with Crippen molar-refractivity contribution in [3.8, 4) is 17.1 Å². The van der Waals surface area contributed by atoms with Crippen LogP contribution in [0.5, 0.6) is 5.88 Å². The SMILES string of the molecule is Cc1cc(-c2ccc(C(=O)NS(=O)(=O)c3cccc(N)n3)c(N3CCC(C)C3(C)C)n2)cnc1OCCOC(C)C. The van der Waals surface area contributed by atoms with E-state index in [0.29, 0.717) is 43.1 Å². The molecular formula is C29H38N6O5S. The summed E-state index contributed by atoms with van der Waals surface area (Å²) in [6, 6.07) is 9.41. The average molecular weight is 583 g/mol. The Morgan fingerprint density at radius 3 is 2.59 bits per heavy atom. The number of pyridine rings is 3. The van der Waals surface area contributed by atoms with E-state index in [0.717, 1.165) is 17.5 Å². The second-order valence-electron chi connectivity index (χ2n) is 11.0. The van der Waals surface area contributed by atoms with Gasteiger partial charge >= 0.3 is 0 Å². The van der Waals surface area contributed by atoms with Crippen molar-refractivity contribution < 1.29 is 22.7 Å². The van der Waals surface area contributed by atoms with Crippen LogP contribution in [0, 0.1) is 12.8 Å². The number of amides is 1. The lowest BCUT2D eigenvalue weighted by molar-refractivity contribution is 0.0541. The first-order valence-electron chi connectivity index (χ1n) is 13.6. The van der Waals surface area contributed by atoms with Crippen molar-refractivity contribution >= 4 is 27.6 Å². The Hall–Kier alpha value is -3.77. The Bertz CT molecular complexity index is 1530. The molecule has 1 atom stereocenters. The Kier molecular flexibility index (Phi) is 8.83. The third kappa shape index (κ3) is 6.76. The fourth-order valence-electron chi connectivity index (χ4n) is 4.69. The van der Waals surface area contributed by atoms with Crippen LogP contribution in [0.3, 0.4) is 0 Å². The second kappa shape index (κ2) is 12.0. The van der Waals surface area contributed by atoms with E-state index in [-0.39, 0.29) is 28.1 Å². The van der Waals surface area contributed by atoms with Crippen molar-refractivity contribution in [3.63, 3.8) is 0 Å². The first kappa shape index (κ1) is 30.2. The molecule has 3 aromatic heterocycles. The molecule has 12 heteroatoms. The largest absolute Gasteiger partial charge is 0.475 e. The van der Waals surface area contributed by atoms with Crippen molar-refractivity contribution in [2.24, 2.45) is 5.92 Å². The molecule has 41 heavy (non-hydrogen) atoms. The van der Waals surface area contributed by atoms with Gasteiger partial charge in [-0.2, -0.15) is 8.42 Å². The van der Waals surface area contributed by atoms with Crippen LogP contribution in [-0.4, -0.2) is 60.7 Å². The second-order valence-corrected chi connectivity index (χ2v) is 12.6. The molecule has 1 unspecified atom stereocenters. The smallest absolute Gasteiger partial charge is 0.281 e. The topological polar surface area (TPSA) is 150 Å². The molecule has 1 fully saturated rings. The Balaban J connectivity index is 1.67. The van der Waals surface area contributed by atoms with Crippen LogP contribution in [0.4, 0.5) is 11.6 Å². The highest BCUT2D eigenvalue weighted by atomic mass is 32.2. The van der Waals surface area contributed by atoms with Gasteiger partial charge in [0.05, 0.1) is 24.0 Å². The molecule has 1 amide bonds. The zero-order chi connectivity index (χ0) is 29.9. The van der Waals surface area contributed by atoms with Gasteiger partial charge in [0, 0.05) is 29.4 Å². The predicted octanol–water partition coefficient (Wildman–Crippen LogP) is 3.98. The van der Waals surface area contributed by atoms with Crippen molar-refractivity contribution in [3.05, 3.63) is 53.7 Å². The van der Waals surface area contributed by atoms with Crippen LogP contribution in [-0.2, 0) is 14.8 Å². The minimum atomic E-state index is -4.27. The zero-order valence-electron chi connectivity index (χ0n) is 24.3. The van der Waals surface area contributed by atoms with Crippen molar-refractivity contribution in [2.45, 2.75) is 64.6 Å². The van der Waals surface area contributed by atoms with Gasteiger partial charge in [-0.15, -0.1) is 0 Å². The zero-order valence-corrected chi connectivity index (χ0v) is 25.2. The first-order valence-corrected chi connectivity index (χ1v) is 15.1. The summed E-state index contributed by atoms with van der Waals surface area (Å²) in [5, 5.41) is -0.341. The molecule has 3 aromatic rings. The fourth-order valence-corrected chi connectivity index (χ4v) is 5.63. The summed E-state index contributed by atoms with van der Waals surface area (Å²) in [5.74, 6) is 0.453. The molecule has 3 N–H and O–H groups in total. The van der Waals surface area contributed by atoms with E-state index in [1.54, 1.807) is 18.3 Å². The van der Waals surface area contributed by atoms with Gasteiger partial charge in [-0.25, -0.2) is 19.7 Å². The maximum atomic E-state index is 13.4. The molecule has 1 aliphatic heterocycles. The quantitative estimate of drug-likeness (QED) is 0.336. The van der Waals surface area contributed by atoms with E-state index in [4.69, 9.17) is 20.2 Å². The number of carbonyl (C=O) groups is 1. The summed E-state index contributed by atoms with van der Waals surface area (Å²) >= 11 is 0. The van der Waals surface area contributed by atoms with Gasteiger partial charge in [0.2, 0.25) is 5.88 Å². The lowest BCUT2D eigenvalue weighted by Crippen LogP contribution is -2.43. The van der Waals surface area contributed by atoms with E-state index < -0.39 is 15.9 Å². The lowest BCUT2D eigenvalue weighted by Gasteiger charge is -2.36. The summed E-state index contributed by atoms with van der Waals surface area (Å²) in [4.78, 5) is 28.7. The lowest BCUT2D eigenvalue weighted by atomic mass is 9.90. The molecule has 0 radical (unpaired) electrons. The summed E-state index contributed by atoms with van der Waals surface area (Å²) in [5.41, 5.74) is 7.63. The molecule has 0 saturated carbocycles. The summed E-state index contributed by atoms with van der Waals surface area (Å²) in [6.07, 6.45) is 2.70. The van der Waals surface area contributed by atoms with Crippen molar-refractivity contribution in [1.29, 1.82) is 0 Å². The highest BCUT2D eigenvalue weighted by Crippen LogP contribution is 2.39.